The molecular formula is C13H13ClN2O4. The average molecular weight is 297 g/mol. The number of urea groups is 1. The van der Waals surface area contributed by atoms with Gasteiger partial charge in [0.1, 0.15) is 12.3 Å². The number of carboxylic acid groups (broad SMARTS) is 1. The molecule has 0 bridgehead atoms. The molecule has 1 aromatic carbocycles. The highest BCUT2D eigenvalue weighted by Gasteiger charge is 2.17. The number of rotatable bonds is 5. The molecule has 106 valence electrons. The van der Waals surface area contributed by atoms with E-state index in [0.717, 1.165) is 4.90 Å². The number of nitrogens with one attached hydrogen (secondary N) is 1. The molecule has 0 saturated carbocycles. The first-order valence-corrected chi connectivity index (χ1v) is 5.90. The number of benzene rings is 1. The summed E-state index contributed by atoms with van der Waals surface area (Å²) in [7, 11) is 1.44. The second-order valence-electron chi connectivity index (χ2n) is 3.73. The summed E-state index contributed by atoms with van der Waals surface area (Å²) in [5, 5.41) is 11.7. The van der Waals surface area contributed by atoms with Crippen LogP contribution in [0.3, 0.4) is 0 Å². The molecule has 0 radical (unpaired) electrons. The summed E-state index contributed by atoms with van der Waals surface area (Å²) in [6.07, 6.45) is 5.11. The Hall–Kier alpha value is -2.39. The summed E-state index contributed by atoms with van der Waals surface area (Å²) in [5.74, 6) is 1.47. The van der Waals surface area contributed by atoms with Crippen molar-refractivity contribution in [3.8, 4) is 18.1 Å². The second kappa shape index (κ2) is 7.26. The van der Waals surface area contributed by atoms with Gasteiger partial charge in [0.05, 0.1) is 19.3 Å². The maximum absolute atomic E-state index is 12.0. The number of ether oxygens (including phenoxy) is 1. The topological polar surface area (TPSA) is 78.9 Å². The number of nitrogens with zero attached hydrogens (tertiary/aromatic N) is 1. The molecule has 0 aromatic heterocycles. The number of hydrogen-bond donors (Lipinski definition) is 2. The summed E-state index contributed by atoms with van der Waals surface area (Å²) in [4.78, 5) is 23.6. The molecule has 0 fully saturated rings. The molecule has 0 aliphatic heterocycles. The summed E-state index contributed by atoms with van der Waals surface area (Å²) in [6.45, 7) is -0.625. The van der Waals surface area contributed by atoms with Crippen LogP contribution < -0.4 is 10.1 Å². The van der Waals surface area contributed by atoms with Crippen LogP contribution in [0.2, 0.25) is 5.02 Å². The highest BCUT2D eigenvalue weighted by atomic mass is 35.5. The fraction of sp³-hybridized carbons (Fsp3) is 0.231. The van der Waals surface area contributed by atoms with Crippen LogP contribution in [0, 0.1) is 12.3 Å². The predicted octanol–water partition coefficient (Wildman–Crippen LogP) is 1.90. The third-order valence-electron chi connectivity index (χ3n) is 2.30. The van der Waals surface area contributed by atoms with Crippen LogP contribution in [0.25, 0.3) is 0 Å². The van der Waals surface area contributed by atoms with Crippen molar-refractivity contribution < 1.29 is 19.4 Å². The Labute approximate surface area is 121 Å². The molecule has 0 atom stereocenters. The van der Waals surface area contributed by atoms with E-state index in [0.29, 0.717) is 16.5 Å². The molecule has 0 unspecified atom stereocenters. The van der Waals surface area contributed by atoms with Crippen molar-refractivity contribution in [2.45, 2.75) is 0 Å². The smallest absolute Gasteiger partial charge is 0.323 e. The zero-order valence-corrected chi connectivity index (χ0v) is 11.5. The summed E-state index contributed by atoms with van der Waals surface area (Å²) < 4.78 is 5.07. The molecule has 0 heterocycles. The van der Waals surface area contributed by atoms with Crippen LogP contribution >= 0.6 is 11.6 Å². The van der Waals surface area contributed by atoms with Crippen LogP contribution in [0.1, 0.15) is 0 Å². The molecule has 1 aromatic rings. The molecule has 0 aliphatic rings. The van der Waals surface area contributed by atoms with Gasteiger partial charge in [0.2, 0.25) is 0 Å². The van der Waals surface area contributed by atoms with Crippen molar-refractivity contribution in [2.24, 2.45) is 0 Å². The van der Waals surface area contributed by atoms with Gasteiger partial charge in [0, 0.05) is 5.02 Å². The maximum Gasteiger partial charge on any atom is 0.323 e. The van der Waals surface area contributed by atoms with E-state index in [1.165, 1.54) is 13.2 Å². The van der Waals surface area contributed by atoms with E-state index >= 15 is 0 Å². The third kappa shape index (κ3) is 4.37. The molecule has 6 nitrogen and oxygen atoms in total. The second-order valence-corrected chi connectivity index (χ2v) is 4.17. The van der Waals surface area contributed by atoms with E-state index in [4.69, 9.17) is 27.9 Å². The summed E-state index contributed by atoms with van der Waals surface area (Å²) in [6, 6.07) is 4.03. The minimum atomic E-state index is -1.16. The van der Waals surface area contributed by atoms with Gasteiger partial charge in [-0.05, 0) is 18.2 Å². The average Bonchev–Trinajstić information content (AvgIpc) is 2.38. The standard InChI is InChI=1S/C13H13ClN2O4/c1-3-6-16(8-12(17)18)13(19)15-10-7-9(14)4-5-11(10)20-2/h1,4-5,7H,6,8H2,2H3,(H,15,19)(H,17,18). The quantitative estimate of drug-likeness (QED) is 0.813. The van der Waals surface area contributed by atoms with Crippen LogP contribution in [0.15, 0.2) is 18.2 Å². The van der Waals surface area contributed by atoms with Crippen molar-refractivity contribution in [2.75, 3.05) is 25.5 Å². The van der Waals surface area contributed by atoms with Crippen LogP contribution in [0.5, 0.6) is 5.75 Å². The Bertz CT molecular complexity index is 554. The lowest BCUT2D eigenvalue weighted by atomic mass is 10.3. The van der Waals surface area contributed by atoms with Gasteiger partial charge in [-0.3, -0.25) is 4.79 Å². The van der Waals surface area contributed by atoms with E-state index in [1.54, 1.807) is 12.1 Å². The molecule has 1 rings (SSSR count). The Morgan fingerprint density at radius 3 is 2.80 bits per heavy atom. The van der Waals surface area contributed by atoms with Gasteiger partial charge in [-0.15, -0.1) is 6.42 Å². The van der Waals surface area contributed by atoms with E-state index in [2.05, 4.69) is 11.2 Å². The highest BCUT2D eigenvalue weighted by Crippen LogP contribution is 2.27. The van der Waals surface area contributed by atoms with E-state index < -0.39 is 18.5 Å². The van der Waals surface area contributed by atoms with Crippen molar-refractivity contribution in [3.63, 3.8) is 0 Å². The fourth-order valence-corrected chi connectivity index (χ4v) is 1.62. The first kappa shape index (κ1) is 15.7. The Balaban J connectivity index is 2.90. The number of amides is 2. The largest absolute Gasteiger partial charge is 0.495 e. The van der Waals surface area contributed by atoms with E-state index in [9.17, 15) is 9.59 Å². The van der Waals surface area contributed by atoms with Gasteiger partial charge < -0.3 is 20.1 Å². The molecule has 2 amide bonds. The maximum atomic E-state index is 12.0. The van der Waals surface area contributed by atoms with Crippen LogP contribution in [-0.2, 0) is 4.79 Å². The summed E-state index contributed by atoms with van der Waals surface area (Å²) >= 11 is 5.84. The number of carboxylic acids is 1. The minimum absolute atomic E-state index is 0.124. The van der Waals surface area contributed by atoms with Crippen molar-refractivity contribution in [1.82, 2.24) is 4.90 Å². The number of hydrogen-bond acceptors (Lipinski definition) is 3. The first-order chi connectivity index (χ1) is 9.47. The zero-order chi connectivity index (χ0) is 15.1. The van der Waals surface area contributed by atoms with Crippen molar-refractivity contribution in [3.05, 3.63) is 23.2 Å². The van der Waals surface area contributed by atoms with E-state index in [-0.39, 0.29) is 6.54 Å². The Kier molecular flexibility index (Phi) is 5.69. The number of aliphatic carboxylic acids is 1. The number of methoxy groups -OCH3 is 1. The molecule has 2 N–H and O–H groups in total. The van der Waals surface area contributed by atoms with Gasteiger partial charge in [0.25, 0.3) is 0 Å². The van der Waals surface area contributed by atoms with Crippen LogP contribution in [-0.4, -0.2) is 42.2 Å². The van der Waals surface area contributed by atoms with Gasteiger partial charge in [-0.2, -0.15) is 0 Å². The van der Waals surface area contributed by atoms with Gasteiger partial charge in [-0.25, -0.2) is 4.79 Å². The Morgan fingerprint density at radius 2 is 2.25 bits per heavy atom. The van der Waals surface area contributed by atoms with Gasteiger partial charge >= 0.3 is 12.0 Å². The molecule has 7 heteroatoms. The van der Waals surface area contributed by atoms with Crippen LogP contribution in [0.4, 0.5) is 10.5 Å². The summed E-state index contributed by atoms with van der Waals surface area (Å²) in [5.41, 5.74) is 0.331. The number of terminal acetylenes is 1. The fourth-order valence-electron chi connectivity index (χ4n) is 1.45. The minimum Gasteiger partial charge on any atom is -0.495 e. The van der Waals surface area contributed by atoms with Crippen molar-refractivity contribution in [1.29, 1.82) is 0 Å². The predicted molar refractivity (Wildman–Crippen MR) is 75.1 cm³/mol. The lowest BCUT2D eigenvalue weighted by molar-refractivity contribution is -0.137. The highest BCUT2D eigenvalue weighted by molar-refractivity contribution is 6.31. The molecule has 0 saturated heterocycles. The van der Waals surface area contributed by atoms with Gasteiger partial charge in [0.15, 0.2) is 0 Å². The molecule has 0 spiro atoms. The molecular weight excluding hydrogens is 284 g/mol. The van der Waals surface area contributed by atoms with Gasteiger partial charge in [-0.1, -0.05) is 17.5 Å². The number of halogens is 1. The Morgan fingerprint density at radius 1 is 1.55 bits per heavy atom. The SMILES string of the molecule is C#CCN(CC(=O)O)C(=O)Nc1cc(Cl)ccc1OC. The molecule has 20 heavy (non-hydrogen) atoms. The van der Waals surface area contributed by atoms with Crippen molar-refractivity contribution >= 4 is 29.3 Å². The lowest BCUT2D eigenvalue weighted by Gasteiger charge is -2.19. The normalized spacial score (nSPS) is 9.45. The first-order valence-electron chi connectivity index (χ1n) is 5.52. The molecule has 0 aliphatic carbocycles. The monoisotopic (exact) mass is 296 g/mol. The number of carbonyl (C=O) groups is 2. The lowest BCUT2D eigenvalue weighted by Crippen LogP contribution is -2.39. The van der Waals surface area contributed by atoms with E-state index in [1.807, 2.05) is 0 Å². The zero-order valence-electron chi connectivity index (χ0n) is 10.7. The number of anilines is 1. The number of carbonyl (C=O) groups excluding carboxylic acids is 1. The third-order valence-corrected chi connectivity index (χ3v) is 2.53.